The van der Waals surface area contributed by atoms with E-state index in [9.17, 15) is 0 Å². The highest BCUT2D eigenvalue weighted by molar-refractivity contribution is 6.11. The number of benzene rings is 8. The van der Waals surface area contributed by atoms with Crippen LogP contribution < -0.4 is 4.90 Å². The summed E-state index contributed by atoms with van der Waals surface area (Å²) in [7, 11) is 0. The lowest BCUT2D eigenvalue weighted by molar-refractivity contribution is 0.669. The first-order valence-electron chi connectivity index (χ1n) is 19.6. The van der Waals surface area contributed by atoms with E-state index in [0.29, 0.717) is 5.92 Å². The maximum absolute atomic E-state index is 6.63. The molecule has 0 radical (unpaired) electrons. The van der Waals surface area contributed by atoms with Gasteiger partial charge in [-0.3, -0.25) is 0 Å². The van der Waals surface area contributed by atoms with E-state index in [2.05, 4.69) is 187 Å². The second-order valence-electron chi connectivity index (χ2n) is 14.8. The van der Waals surface area contributed by atoms with Crippen LogP contribution in [0.5, 0.6) is 0 Å². The van der Waals surface area contributed by atoms with Gasteiger partial charge in [0.1, 0.15) is 16.7 Å². The molecule has 11 rings (SSSR count). The van der Waals surface area contributed by atoms with Gasteiger partial charge >= 0.3 is 0 Å². The van der Waals surface area contributed by atoms with Crippen LogP contribution >= 0.6 is 0 Å². The minimum absolute atomic E-state index is 0.346. The molecule has 0 fully saturated rings. The van der Waals surface area contributed by atoms with Crippen molar-refractivity contribution in [1.82, 2.24) is 0 Å². The molecular weight excluding hydrogens is 695 g/mol. The zero-order chi connectivity index (χ0) is 37.7. The number of para-hydroxylation sites is 4. The highest BCUT2D eigenvalue weighted by Crippen LogP contribution is 2.44. The van der Waals surface area contributed by atoms with E-state index in [4.69, 9.17) is 8.83 Å². The number of furan rings is 2. The van der Waals surface area contributed by atoms with Crippen molar-refractivity contribution in [1.29, 1.82) is 0 Å². The normalized spacial score (nSPS) is 13.9. The highest BCUT2D eigenvalue weighted by Gasteiger charge is 2.21. The van der Waals surface area contributed by atoms with E-state index in [1.54, 1.807) is 0 Å². The van der Waals surface area contributed by atoms with Gasteiger partial charge in [0.05, 0.1) is 5.69 Å². The molecule has 2 heterocycles. The minimum atomic E-state index is 0.346. The number of hydrogen-bond donors (Lipinski definition) is 0. The number of anilines is 3. The molecule has 0 saturated carbocycles. The van der Waals surface area contributed by atoms with E-state index < -0.39 is 0 Å². The van der Waals surface area contributed by atoms with Gasteiger partial charge in [-0.25, -0.2) is 0 Å². The van der Waals surface area contributed by atoms with Crippen molar-refractivity contribution >= 4 is 60.9 Å². The predicted octanol–water partition coefficient (Wildman–Crippen LogP) is 15.6. The van der Waals surface area contributed by atoms with Gasteiger partial charge in [-0.05, 0) is 88.3 Å². The van der Waals surface area contributed by atoms with Crippen LogP contribution in [0.1, 0.15) is 17.9 Å². The fraction of sp³-hybridized carbons (Fsp3) is 0.0370. The zero-order valence-corrected chi connectivity index (χ0v) is 31.2. The van der Waals surface area contributed by atoms with Gasteiger partial charge in [0, 0.05) is 44.4 Å². The molecule has 2 aromatic heterocycles. The zero-order valence-electron chi connectivity index (χ0n) is 31.2. The van der Waals surface area contributed by atoms with E-state index in [1.807, 2.05) is 24.3 Å². The van der Waals surface area contributed by atoms with E-state index in [-0.39, 0.29) is 0 Å². The van der Waals surface area contributed by atoms with Gasteiger partial charge in [0.2, 0.25) is 0 Å². The van der Waals surface area contributed by atoms with Crippen molar-refractivity contribution in [2.45, 2.75) is 12.3 Å². The summed E-state index contributed by atoms with van der Waals surface area (Å²) in [6, 6.07) is 64.9. The Morgan fingerprint density at radius 1 is 0.421 bits per heavy atom. The molecule has 0 spiro atoms. The lowest BCUT2D eigenvalue weighted by Crippen LogP contribution is -2.10. The molecule has 8 aromatic carbocycles. The number of rotatable bonds is 7. The Kier molecular flexibility index (Phi) is 7.96. The van der Waals surface area contributed by atoms with Crippen molar-refractivity contribution in [2.75, 3.05) is 4.90 Å². The molecule has 1 atom stereocenters. The number of allylic oxidation sites excluding steroid dienone is 4. The Morgan fingerprint density at radius 2 is 0.982 bits per heavy atom. The minimum Gasteiger partial charge on any atom is -0.455 e. The van der Waals surface area contributed by atoms with Crippen molar-refractivity contribution in [3.05, 3.63) is 212 Å². The molecule has 0 amide bonds. The van der Waals surface area contributed by atoms with Crippen LogP contribution in [-0.4, -0.2) is 0 Å². The third-order valence-electron chi connectivity index (χ3n) is 11.4. The molecule has 0 aliphatic heterocycles. The molecule has 57 heavy (non-hydrogen) atoms. The monoisotopic (exact) mass is 731 g/mol. The molecule has 1 unspecified atom stereocenters. The Bertz CT molecular complexity index is 3150. The average molecular weight is 732 g/mol. The van der Waals surface area contributed by atoms with Crippen LogP contribution in [0.2, 0.25) is 0 Å². The molecule has 3 nitrogen and oxygen atoms in total. The fourth-order valence-electron chi connectivity index (χ4n) is 8.56. The second-order valence-corrected chi connectivity index (χ2v) is 14.8. The molecule has 0 bridgehead atoms. The van der Waals surface area contributed by atoms with Crippen LogP contribution in [0.4, 0.5) is 17.1 Å². The van der Waals surface area contributed by atoms with Gasteiger partial charge < -0.3 is 13.7 Å². The lowest BCUT2D eigenvalue weighted by atomic mass is 9.87. The molecular formula is C54H37NO2. The molecule has 0 saturated heterocycles. The molecule has 1 aliphatic carbocycles. The SMILES string of the molecule is C1=CCC(c2cc(-c3ccccc3)cc(-c3ccc(N(c4ccc(-c5cccc6c5oc5ccccc56)cc4)c4cccc5c4oc4ccccc45)cc3)c2)C=C1. The first-order chi connectivity index (χ1) is 28.2. The van der Waals surface area contributed by atoms with Gasteiger partial charge in [0.25, 0.3) is 0 Å². The van der Waals surface area contributed by atoms with Crippen molar-refractivity contribution in [2.24, 2.45) is 0 Å². The molecule has 270 valence electrons. The summed E-state index contributed by atoms with van der Waals surface area (Å²) in [5.41, 5.74) is 14.9. The summed E-state index contributed by atoms with van der Waals surface area (Å²) in [5.74, 6) is 0.346. The Labute approximate surface area is 331 Å². The standard InChI is InChI=1S/C54H37NO2/c1-3-13-36(14-4-1)40-33-41(37-15-5-2-6-16-37)35-42(34-40)38-25-29-43(30-26-38)55(50-22-12-21-49-47-18-8-10-24-52(47)57-54(49)50)44-31-27-39(28-32-44)45-19-11-20-48-46-17-7-9-23-51(46)56-53(45)48/h1-15,17-35,37H,16H2. The highest BCUT2D eigenvalue weighted by atomic mass is 16.3. The van der Waals surface area contributed by atoms with Crippen LogP contribution in [0, 0.1) is 0 Å². The van der Waals surface area contributed by atoms with Crippen LogP contribution in [0.25, 0.3) is 77.3 Å². The fourth-order valence-corrected chi connectivity index (χ4v) is 8.56. The summed E-state index contributed by atoms with van der Waals surface area (Å²) in [4.78, 5) is 2.31. The van der Waals surface area contributed by atoms with Crippen molar-refractivity contribution < 1.29 is 8.83 Å². The number of fused-ring (bicyclic) bond motifs is 6. The predicted molar refractivity (Wildman–Crippen MR) is 238 cm³/mol. The van der Waals surface area contributed by atoms with Gasteiger partial charge in [-0.2, -0.15) is 0 Å². The third kappa shape index (κ3) is 5.84. The first kappa shape index (κ1) is 33.0. The van der Waals surface area contributed by atoms with E-state index in [1.165, 1.54) is 27.8 Å². The summed E-state index contributed by atoms with van der Waals surface area (Å²) in [5, 5.41) is 4.45. The maximum atomic E-state index is 6.63. The van der Waals surface area contributed by atoms with Gasteiger partial charge in [-0.1, -0.05) is 158 Å². The Morgan fingerprint density at radius 3 is 1.65 bits per heavy atom. The van der Waals surface area contributed by atoms with Crippen molar-refractivity contribution in [3.63, 3.8) is 0 Å². The van der Waals surface area contributed by atoms with Gasteiger partial charge in [0.15, 0.2) is 5.58 Å². The molecule has 10 aromatic rings. The average Bonchev–Trinajstić information content (AvgIpc) is 3.87. The van der Waals surface area contributed by atoms with Crippen molar-refractivity contribution in [3.8, 4) is 33.4 Å². The maximum Gasteiger partial charge on any atom is 0.159 e. The summed E-state index contributed by atoms with van der Waals surface area (Å²) in [6.07, 6.45) is 9.89. The second kappa shape index (κ2) is 13.7. The van der Waals surface area contributed by atoms with Gasteiger partial charge in [-0.15, -0.1) is 0 Å². The smallest absolute Gasteiger partial charge is 0.159 e. The topological polar surface area (TPSA) is 29.5 Å². The largest absolute Gasteiger partial charge is 0.455 e. The Hall–Kier alpha value is -7.36. The van der Waals surface area contributed by atoms with E-state index in [0.717, 1.165) is 78.5 Å². The molecule has 3 heteroatoms. The summed E-state index contributed by atoms with van der Waals surface area (Å²) in [6.45, 7) is 0. The molecule has 0 N–H and O–H groups in total. The Balaban J connectivity index is 1.03. The van der Waals surface area contributed by atoms with Crippen LogP contribution in [-0.2, 0) is 0 Å². The van der Waals surface area contributed by atoms with Crippen LogP contribution in [0.3, 0.4) is 0 Å². The first-order valence-corrected chi connectivity index (χ1v) is 19.6. The quantitative estimate of drug-likeness (QED) is 0.163. The number of nitrogens with zero attached hydrogens (tertiary/aromatic N) is 1. The summed E-state index contributed by atoms with van der Waals surface area (Å²) < 4.78 is 13.1. The van der Waals surface area contributed by atoms with Crippen LogP contribution in [0.15, 0.2) is 215 Å². The number of hydrogen-bond acceptors (Lipinski definition) is 3. The van der Waals surface area contributed by atoms with E-state index >= 15 is 0 Å². The molecule has 1 aliphatic rings. The summed E-state index contributed by atoms with van der Waals surface area (Å²) >= 11 is 0. The third-order valence-corrected chi connectivity index (χ3v) is 11.4. The lowest BCUT2D eigenvalue weighted by Gasteiger charge is -2.26.